The van der Waals surface area contributed by atoms with E-state index in [4.69, 9.17) is 25.8 Å². The normalized spacial score (nSPS) is 13.5. The molecule has 0 radical (unpaired) electrons. The Kier molecular flexibility index (Phi) is 5.05. The van der Waals surface area contributed by atoms with E-state index in [2.05, 4.69) is 27.9 Å². The second-order valence-electron chi connectivity index (χ2n) is 5.27. The SMILES string of the molecule is COc1cc(I)c(Cl)cc1C(=O)NC(C)c1ccc2c(c1)OCO2. The fourth-order valence-corrected chi connectivity index (χ4v) is 3.02. The molecule has 0 spiro atoms. The van der Waals surface area contributed by atoms with E-state index >= 15 is 0 Å². The Morgan fingerprint density at radius 3 is 2.79 bits per heavy atom. The van der Waals surface area contributed by atoms with Gasteiger partial charge in [0, 0.05) is 3.57 Å². The molecule has 7 heteroatoms. The lowest BCUT2D eigenvalue weighted by Crippen LogP contribution is -2.27. The molecule has 0 bridgehead atoms. The summed E-state index contributed by atoms with van der Waals surface area (Å²) in [5.74, 6) is 1.63. The van der Waals surface area contributed by atoms with Crippen LogP contribution in [0.25, 0.3) is 0 Å². The summed E-state index contributed by atoms with van der Waals surface area (Å²) in [5, 5.41) is 3.46. The topological polar surface area (TPSA) is 56.8 Å². The van der Waals surface area contributed by atoms with Crippen molar-refractivity contribution in [2.45, 2.75) is 13.0 Å². The van der Waals surface area contributed by atoms with Gasteiger partial charge in [0.1, 0.15) is 5.75 Å². The molecule has 3 rings (SSSR count). The molecule has 2 aromatic carbocycles. The first-order chi connectivity index (χ1) is 11.5. The molecular formula is C17H15ClINO4. The van der Waals surface area contributed by atoms with Gasteiger partial charge in [-0.15, -0.1) is 0 Å². The summed E-state index contributed by atoms with van der Waals surface area (Å²) in [7, 11) is 1.53. The molecule has 2 aromatic rings. The summed E-state index contributed by atoms with van der Waals surface area (Å²) in [4.78, 5) is 12.6. The van der Waals surface area contributed by atoms with Gasteiger partial charge in [-0.3, -0.25) is 4.79 Å². The fourth-order valence-electron chi connectivity index (χ4n) is 2.42. The lowest BCUT2D eigenvalue weighted by molar-refractivity contribution is 0.0936. The van der Waals surface area contributed by atoms with Crippen molar-refractivity contribution in [3.8, 4) is 17.2 Å². The molecule has 1 N–H and O–H groups in total. The van der Waals surface area contributed by atoms with Crippen molar-refractivity contribution in [3.63, 3.8) is 0 Å². The third kappa shape index (κ3) is 3.39. The predicted octanol–water partition coefficient (Wildman–Crippen LogP) is 4.17. The van der Waals surface area contributed by atoms with Gasteiger partial charge in [-0.2, -0.15) is 0 Å². The number of ether oxygens (including phenoxy) is 3. The van der Waals surface area contributed by atoms with Crippen LogP contribution in [0.4, 0.5) is 0 Å². The predicted molar refractivity (Wildman–Crippen MR) is 99.2 cm³/mol. The standard InChI is InChI=1S/C17H15ClINO4/c1-9(10-3-4-14-16(5-10)24-8-23-14)20-17(21)11-6-12(18)13(19)7-15(11)22-2/h3-7,9H,8H2,1-2H3,(H,20,21). The van der Waals surface area contributed by atoms with Gasteiger partial charge >= 0.3 is 0 Å². The summed E-state index contributed by atoms with van der Waals surface area (Å²) >= 11 is 8.23. The zero-order valence-corrected chi connectivity index (χ0v) is 16.0. The Balaban J connectivity index is 1.80. The van der Waals surface area contributed by atoms with Gasteiger partial charge in [-0.25, -0.2) is 0 Å². The second-order valence-corrected chi connectivity index (χ2v) is 6.84. The van der Waals surface area contributed by atoms with Gasteiger partial charge in [-0.05, 0) is 59.3 Å². The van der Waals surface area contributed by atoms with E-state index in [9.17, 15) is 4.79 Å². The molecule has 1 atom stereocenters. The van der Waals surface area contributed by atoms with E-state index in [1.54, 1.807) is 12.1 Å². The van der Waals surface area contributed by atoms with E-state index in [1.165, 1.54) is 7.11 Å². The van der Waals surface area contributed by atoms with Gasteiger partial charge < -0.3 is 19.5 Å². The molecule has 0 aromatic heterocycles. The van der Waals surface area contributed by atoms with Crippen molar-refractivity contribution in [3.05, 3.63) is 50.1 Å². The molecule has 1 aliphatic heterocycles. The molecule has 0 saturated heterocycles. The van der Waals surface area contributed by atoms with Crippen LogP contribution >= 0.6 is 34.2 Å². The van der Waals surface area contributed by atoms with Crippen molar-refractivity contribution in [2.75, 3.05) is 13.9 Å². The molecule has 1 amide bonds. The minimum Gasteiger partial charge on any atom is -0.496 e. The first-order valence-corrected chi connectivity index (χ1v) is 8.68. The van der Waals surface area contributed by atoms with E-state index in [0.29, 0.717) is 27.8 Å². The monoisotopic (exact) mass is 459 g/mol. The van der Waals surface area contributed by atoms with Crippen LogP contribution in [0.5, 0.6) is 17.2 Å². The third-order valence-electron chi connectivity index (χ3n) is 3.73. The number of rotatable bonds is 4. The van der Waals surface area contributed by atoms with Crippen LogP contribution in [0, 0.1) is 3.57 Å². The van der Waals surface area contributed by atoms with Crippen LogP contribution in [-0.2, 0) is 0 Å². The number of benzene rings is 2. The number of halogens is 2. The average Bonchev–Trinajstić information content (AvgIpc) is 3.04. The molecule has 0 fully saturated rings. The van der Waals surface area contributed by atoms with Crippen molar-refractivity contribution in [2.24, 2.45) is 0 Å². The number of amides is 1. The molecule has 0 aliphatic carbocycles. The summed E-state index contributed by atoms with van der Waals surface area (Å²) in [6.07, 6.45) is 0. The second kappa shape index (κ2) is 7.06. The smallest absolute Gasteiger partial charge is 0.255 e. The number of hydrogen-bond acceptors (Lipinski definition) is 4. The Labute approximate surface area is 158 Å². The first kappa shape index (κ1) is 17.2. The minimum atomic E-state index is -0.254. The highest BCUT2D eigenvalue weighted by Crippen LogP contribution is 2.34. The minimum absolute atomic E-state index is 0.213. The van der Waals surface area contributed by atoms with Crippen LogP contribution < -0.4 is 19.5 Å². The van der Waals surface area contributed by atoms with Crippen molar-refractivity contribution in [1.82, 2.24) is 5.32 Å². The van der Waals surface area contributed by atoms with Gasteiger partial charge in [0.2, 0.25) is 6.79 Å². The van der Waals surface area contributed by atoms with Crippen LogP contribution in [0.15, 0.2) is 30.3 Å². The summed E-state index contributed by atoms with van der Waals surface area (Å²) in [6, 6.07) is 8.74. The number of nitrogens with one attached hydrogen (secondary N) is 1. The molecule has 24 heavy (non-hydrogen) atoms. The Bertz CT molecular complexity index is 796. The molecule has 1 heterocycles. The third-order valence-corrected chi connectivity index (χ3v) is 5.26. The Morgan fingerprint density at radius 2 is 2.04 bits per heavy atom. The zero-order chi connectivity index (χ0) is 17.3. The molecule has 0 saturated carbocycles. The van der Waals surface area contributed by atoms with E-state index in [1.807, 2.05) is 25.1 Å². The van der Waals surface area contributed by atoms with Crippen molar-refractivity contribution in [1.29, 1.82) is 0 Å². The first-order valence-electron chi connectivity index (χ1n) is 7.23. The highest BCUT2D eigenvalue weighted by atomic mass is 127. The van der Waals surface area contributed by atoms with Crippen LogP contribution in [0.1, 0.15) is 28.9 Å². The molecular weight excluding hydrogens is 445 g/mol. The maximum absolute atomic E-state index is 12.6. The lowest BCUT2D eigenvalue weighted by atomic mass is 10.1. The maximum atomic E-state index is 12.6. The van der Waals surface area contributed by atoms with Crippen molar-refractivity contribution >= 4 is 40.1 Å². The summed E-state index contributed by atoms with van der Waals surface area (Å²) in [5.41, 5.74) is 1.32. The largest absolute Gasteiger partial charge is 0.496 e. The highest BCUT2D eigenvalue weighted by molar-refractivity contribution is 14.1. The number of fused-ring (bicyclic) bond motifs is 1. The van der Waals surface area contributed by atoms with Crippen LogP contribution in [0.2, 0.25) is 5.02 Å². The van der Waals surface area contributed by atoms with E-state index in [0.717, 1.165) is 9.13 Å². The molecule has 1 aliphatic rings. The fraction of sp³-hybridized carbons (Fsp3) is 0.235. The Morgan fingerprint density at radius 1 is 1.29 bits per heavy atom. The molecule has 5 nitrogen and oxygen atoms in total. The quantitative estimate of drug-likeness (QED) is 0.697. The van der Waals surface area contributed by atoms with Gasteiger partial charge in [0.15, 0.2) is 11.5 Å². The van der Waals surface area contributed by atoms with Gasteiger partial charge in [0.25, 0.3) is 5.91 Å². The summed E-state index contributed by atoms with van der Waals surface area (Å²) in [6.45, 7) is 2.12. The molecule has 126 valence electrons. The maximum Gasteiger partial charge on any atom is 0.255 e. The van der Waals surface area contributed by atoms with E-state index < -0.39 is 0 Å². The molecule has 1 unspecified atom stereocenters. The van der Waals surface area contributed by atoms with Crippen molar-refractivity contribution < 1.29 is 19.0 Å². The van der Waals surface area contributed by atoms with Crippen LogP contribution in [0.3, 0.4) is 0 Å². The zero-order valence-electron chi connectivity index (χ0n) is 13.1. The lowest BCUT2D eigenvalue weighted by Gasteiger charge is -2.16. The number of carbonyl (C=O) groups excluding carboxylic acids is 1. The number of hydrogen-bond donors (Lipinski definition) is 1. The van der Waals surface area contributed by atoms with Gasteiger partial charge in [0.05, 0.1) is 23.7 Å². The highest BCUT2D eigenvalue weighted by Gasteiger charge is 2.20. The van der Waals surface area contributed by atoms with Gasteiger partial charge in [-0.1, -0.05) is 17.7 Å². The van der Waals surface area contributed by atoms with Crippen LogP contribution in [-0.4, -0.2) is 19.8 Å². The summed E-state index contributed by atoms with van der Waals surface area (Å²) < 4.78 is 16.8. The van der Waals surface area contributed by atoms with E-state index in [-0.39, 0.29) is 18.7 Å². The number of carbonyl (C=O) groups is 1. The average molecular weight is 460 g/mol. The Hall–Kier alpha value is -1.67. The number of methoxy groups -OCH3 is 1.